The molecule has 0 aliphatic carbocycles. The summed E-state index contributed by atoms with van der Waals surface area (Å²) in [5.41, 5.74) is 9.88. The van der Waals surface area contributed by atoms with E-state index in [0.717, 1.165) is 19.4 Å². The van der Waals surface area contributed by atoms with Crippen LogP contribution in [0.25, 0.3) is 10.9 Å². The summed E-state index contributed by atoms with van der Waals surface area (Å²) in [6.07, 6.45) is 5.73. The molecule has 2 nitrogen and oxygen atoms in total. The summed E-state index contributed by atoms with van der Waals surface area (Å²) < 4.78 is 2.29. The van der Waals surface area contributed by atoms with Crippen molar-refractivity contribution in [3.8, 4) is 0 Å². The Kier molecular flexibility index (Phi) is 3.85. The first-order valence-electron chi connectivity index (χ1n) is 6.60. The van der Waals surface area contributed by atoms with Gasteiger partial charge in [-0.25, -0.2) is 0 Å². The summed E-state index contributed by atoms with van der Waals surface area (Å²) >= 11 is 0. The van der Waals surface area contributed by atoms with E-state index in [-0.39, 0.29) is 0 Å². The zero-order valence-electron chi connectivity index (χ0n) is 10.9. The summed E-state index contributed by atoms with van der Waals surface area (Å²) in [5.74, 6) is 0. The molecule has 1 heterocycles. The topological polar surface area (TPSA) is 30.9 Å². The van der Waals surface area contributed by atoms with Crippen LogP contribution in [0.15, 0.2) is 24.4 Å². The van der Waals surface area contributed by atoms with E-state index in [2.05, 4.69) is 42.8 Å². The zero-order valence-corrected chi connectivity index (χ0v) is 10.9. The minimum absolute atomic E-state index is 0.699. The molecule has 0 spiro atoms. The lowest BCUT2D eigenvalue weighted by molar-refractivity contribution is 0.730. The number of hydrogen-bond acceptors (Lipinski definition) is 1. The van der Waals surface area contributed by atoms with Crippen LogP contribution in [0.1, 0.15) is 31.4 Å². The summed E-state index contributed by atoms with van der Waals surface area (Å²) in [6, 6.07) is 6.81. The largest absolute Gasteiger partial charge is 0.346 e. The molecule has 0 saturated carbocycles. The maximum Gasteiger partial charge on any atom is 0.0483 e. The van der Waals surface area contributed by atoms with Crippen molar-refractivity contribution in [3.05, 3.63) is 35.5 Å². The molecule has 0 aliphatic rings. The number of rotatable bonds is 5. The van der Waals surface area contributed by atoms with Crippen LogP contribution in [0.2, 0.25) is 0 Å². The molecule has 2 N–H and O–H groups in total. The van der Waals surface area contributed by atoms with E-state index in [1.807, 2.05) is 0 Å². The van der Waals surface area contributed by atoms with Gasteiger partial charge in [-0.2, -0.15) is 0 Å². The second-order valence-corrected chi connectivity index (χ2v) is 4.59. The minimum Gasteiger partial charge on any atom is -0.346 e. The summed E-state index contributed by atoms with van der Waals surface area (Å²) in [5, 5.41) is 1.42. The highest BCUT2D eigenvalue weighted by molar-refractivity contribution is 5.84. The van der Waals surface area contributed by atoms with Gasteiger partial charge in [0.1, 0.15) is 0 Å². The summed E-state index contributed by atoms with van der Waals surface area (Å²) in [7, 11) is 0. The normalized spacial score (nSPS) is 11.2. The molecule has 0 amide bonds. The fourth-order valence-corrected chi connectivity index (χ4v) is 2.43. The molecule has 0 saturated heterocycles. The molecular formula is C15H22N2. The van der Waals surface area contributed by atoms with Crippen molar-refractivity contribution < 1.29 is 0 Å². The molecule has 0 atom stereocenters. The van der Waals surface area contributed by atoms with Gasteiger partial charge in [0.2, 0.25) is 0 Å². The number of nitrogens with zero attached hydrogens (tertiary/aromatic N) is 1. The van der Waals surface area contributed by atoms with Crippen molar-refractivity contribution in [1.29, 1.82) is 0 Å². The fourth-order valence-electron chi connectivity index (χ4n) is 2.43. The lowest BCUT2D eigenvalue weighted by atomic mass is 10.1. The van der Waals surface area contributed by atoms with Gasteiger partial charge in [0.15, 0.2) is 0 Å². The van der Waals surface area contributed by atoms with E-state index in [1.165, 1.54) is 28.5 Å². The van der Waals surface area contributed by atoms with Crippen LogP contribution in [0.3, 0.4) is 0 Å². The third-order valence-electron chi connectivity index (χ3n) is 3.33. The minimum atomic E-state index is 0.699. The van der Waals surface area contributed by atoms with Gasteiger partial charge in [0, 0.05) is 30.2 Å². The first-order chi connectivity index (χ1) is 8.30. The highest BCUT2D eigenvalue weighted by atomic mass is 15.0. The number of benzene rings is 1. The van der Waals surface area contributed by atoms with E-state index in [9.17, 15) is 0 Å². The van der Waals surface area contributed by atoms with Gasteiger partial charge in [-0.1, -0.05) is 26.3 Å². The molecule has 1 aromatic heterocycles. The quantitative estimate of drug-likeness (QED) is 0.840. The van der Waals surface area contributed by atoms with E-state index in [0.29, 0.717) is 6.54 Å². The van der Waals surface area contributed by atoms with Gasteiger partial charge < -0.3 is 10.3 Å². The smallest absolute Gasteiger partial charge is 0.0483 e. The number of aromatic nitrogens is 1. The van der Waals surface area contributed by atoms with Crippen LogP contribution in [-0.2, 0) is 19.4 Å². The molecule has 1 aromatic carbocycles. The Morgan fingerprint density at radius 3 is 2.71 bits per heavy atom. The van der Waals surface area contributed by atoms with Crippen molar-refractivity contribution in [1.82, 2.24) is 4.57 Å². The Labute approximate surface area is 103 Å². The average Bonchev–Trinajstić information content (AvgIpc) is 2.68. The van der Waals surface area contributed by atoms with Crippen molar-refractivity contribution >= 4 is 10.9 Å². The number of fused-ring (bicyclic) bond motifs is 1. The van der Waals surface area contributed by atoms with Gasteiger partial charge in [-0.15, -0.1) is 0 Å². The Balaban J connectivity index is 2.54. The lowest BCUT2D eigenvalue weighted by Crippen LogP contribution is -2.08. The molecular weight excluding hydrogens is 208 g/mol. The number of hydrogen-bond donors (Lipinski definition) is 1. The Morgan fingerprint density at radius 1 is 1.24 bits per heavy atom. The van der Waals surface area contributed by atoms with Crippen LogP contribution in [0, 0.1) is 0 Å². The Bertz CT molecular complexity index is 497. The number of nitrogens with two attached hydrogens (primary N) is 1. The Hall–Kier alpha value is -1.28. The predicted molar refractivity (Wildman–Crippen MR) is 74.4 cm³/mol. The van der Waals surface area contributed by atoms with Crippen LogP contribution in [0.4, 0.5) is 0 Å². The van der Waals surface area contributed by atoms with Crippen molar-refractivity contribution in [2.75, 3.05) is 6.54 Å². The highest BCUT2D eigenvalue weighted by Gasteiger charge is 2.07. The second-order valence-electron chi connectivity index (χ2n) is 4.59. The molecule has 0 radical (unpaired) electrons. The Morgan fingerprint density at radius 2 is 2.06 bits per heavy atom. The fraction of sp³-hybridized carbons (Fsp3) is 0.467. The summed E-state index contributed by atoms with van der Waals surface area (Å²) in [6.45, 7) is 6.05. The molecule has 92 valence electrons. The molecule has 0 unspecified atom stereocenters. The third-order valence-corrected chi connectivity index (χ3v) is 3.33. The highest BCUT2D eigenvalue weighted by Crippen LogP contribution is 2.24. The van der Waals surface area contributed by atoms with Crippen molar-refractivity contribution in [3.63, 3.8) is 0 Å². The van der Waals surface area contributed by atoms with E-state index < -0.39 is 0 Å². The summed E-state index contributed by atoms with van der Waals surface area (Å²) in [4.78, 5) is 0. The van der Waals surface area contributed by atoms with E-state index in [1.54, 1.807) is 0 Å². The monoisotopic (exact) mass is 230 g/mol. The third kappa shape index (κ3) is 2.37. The molecule has 17 heavy (non-hydrogen) atoms. The van der Waals surface area contributed by atoms with E-state index in [4.69, 9.17) is 5.73 Å². The predicted octanol–water partition coefficient (Wildman–Crippen LogP) is 3.11. The first kappa shape index (κ1) is 12.2. The second kappa shape index (κ2) is 5.37. The van der Waals surface area contributed by atoms with Crippen LogP contribution in [-0.4, -0.2) is 11.1 Å². The number of aryl methyl sites for hydroxylation is 2. The molecule has 2 aromatic rings. The van der Waals surface area contributed by atoms with Gasteiger partial charge >= 0.3 is 0 Å². The van der Waals surface area contributed by atoms with Crippen LogP contribution < -0.4 is 5.73 Å². The van der Waals surface area contributed by atoms with Crippen LogP contribution >= 0.6 is 0 Å². The van der Waals surface area contributed by atoms with E-state index >= 15 is 0 Å². The lowest BCUT2D eigenvalue weighted by Gasteiger charge is -2.03. The molecule has 0 fully saturated rings. The average molecular weight is 230 g/mol. The SMILES string of the molecule is CCCc1cn(CCN)c2ccc(CC)cc12. The van der Waals surface area contributed by atoms with Crippen molar-refractivity contribution in [2.24, 2.45) is 5.73 Å². The maximum absolute atomic E-state index is 5.67. The molecule has 2 heteroatoms. The van der Waals surface area contributed by atoms with Gasteiger partial charge in [0.05, 0.1) is 0 Å². The van der Waals surface area contributed by atoms with Gasteiger partial charge in [-0.05, 0) is 36.1 Å². The van der Waals surface area contributed by atoms with Gasteiger partial charge in [0.25, 0.3) is 0 Å². The van der Waals surface area contributed by atoms with Gasteiger partial charge in [-0.3, -0.25) is 0 Å². The molecule has 2 rings (SSSR count). The zero-order chi connectivity index (χ0) is 12.3. The van der Waals surface area contributed by atoms with Crippen LogP contribution in [0.5, 0.6) is 0 Å². The van der Waals surface area contributed by atoms with Crippen molar-refractivity contribution in [2.45, 2.75) is 39.7 Å². The maximum atomic E-state index is 5.67. The molecule has 0 bridgehead atoms. The first-order valence-corrected chi connectivity index (χ1v) is 6.60. The standard InChI is InChI=1S/C15H22N2/c1-3-5-13-11-17(9-8-16)15-7-6-12(4-2)10-14(13)15/h6-7,10-11H,3-5,8-9,16H2,1-2H3. The molecule has 0 aliphatic heterocycles.